The van der Waals surface area contributed by atoms with Gasteiger partial charge in [-0.25, -0.2) is 0 Å². The van der Waals surface area contributed by atoms with Crippen LogP contribution in [0.25, 0.3) is 10.9 Å². The summed E-state index contributed by atoms with van der Waals surface area (Å²) in [6.07, 6.45) is 3.98. The number of nitrogens with zero attached hydrogens (tertiary/aromatic N) is 3. The van der Waals surface area contributed by atoms with Crippen molar-refractivity contribution in [3.8, 4) is 0 Å². The Balaban J connectivity index is 1.81. The maximum Gasteiger partial charge on any atom is 0.0970 e. The molecular weight excluding hydrogens is 298 g/mol. The van der Waals surface area contributed by atoms with Gasteiger partial charge >= 0.3 is 0 Å². The third-order valence-electron chi connectivity index (χ3n) is 5.05. The Morgan fingerprint density at radius 3 is 2.79 bits per heavy atom. The lowest BCUT2D eigenvalue weighted by atomic mass is 10.0. The highest BCUT2D eigenvalue weighted by molar-refractivity contribution is 5.86. The van der Waals surface area contributed by atoms with Gasteiger partial charge in [-0.05, 0) is 48.9 Å². The van der Waals surface area contributed by atoms with Crippen LogP contribution < -0.4 is 0 Å². The van der Waals surface area contributed by atoms with Gasteiger partial charge in [0.1, 0.15) is 0 Å². The Kier molecular flexibility index (Phi) is 3.87. The third-order valence-corrected chi connectivity index (χ3v) is 5.05. The standard InChI is InChI=1S/C20H23N3O/c1-14-3-4-16-17-12-22(2)10-7-18(17)23(19(16)11-14)13-20(24)15-5-8-21-9-6-15/h3-6,8-9,11,20,24H,7,10,12-13H2,1-2H3. The number of aryl methyl sites for hydroxylation is 1. The van der Waals surface area contributed by atoms with Crippen LogP contribution in [0.2, 0.25) is 0 Å². The van der Waals surface area contributed by atoms with Crippen LogP contribution in [0, 0.1) is 6.92 Å². The SMILES string of the molecule is Cc1ccc2c3c(n(CC(O)c4ccncc4)c2c1)CCN(C)C3. The van der Waals surface area contributed by atoms with Gasteiger partial charge in [0.15, 0.2) is 0 Å². The molecule has 4 nitrogen and oxygen atoms in total. The summed E-state index contributed by atoms with van der Waals surface area (Å²) in [6.45, 7) is 4.76. The molecule has 1 N–H and O–H groups in total. The van der Waals surface area contributed by atoms with Crippen LogP contribution in [0.15, 0.2) is 42.7 Å². The molecule has 0 amide bonds. The maximum atomic E-state index is 10.7. The van der Waals surface area contributed by atoms with Crippen molar-refractivity contribution in [1.82, 2.24) is 14.5 Å². The van der Waals surface area contributed by atoms with Crippen molar-refractivity contribution in [2.45, 2.75) is 32.5 Å². The number of rotatable bonds is 3. The number of aromatic nitrogens is 2. The van der Waals surface area contributed by atoms with E-state index in [2.05, 4.69) is 46.6 Å². The quantitative estimate of drug-likeness (QED) is 0.806. The highest BCUT2D eigenvalue weighted by Gasteiger charge is 2.23. The van der Waals surface area contributed by atoms with Crippen molar-refractivity contribution in [3.63, 3.8) is 0 Å². The largest absolute Gasteiger partial charge is 0.387 e. The first-order chi connectivity index (χ1) is 11.6. The molecule has 0 fully saturated rings. The summed E-state index contributed by atoms with van der Waals surface area (Å²) in [7, 11) is 2.17. The Labute approximate surface area is 142 Å². The van der Waals surface area contributed by atoms with E-state index >= 15 is 0 Å². The predicted octanol–water partition coefficient (Wildman–Crippen LogP) is 3.07. The molecule has 2 aromatic heterocycles. The second kappa shape index (κ2) is 6.04. The zero-order chi connectivity index (χ0) is 16.7. The van der Waals surface area contributed by atoms with Crippen molar-refractivity contribution in [3.05, 3.63) is 65.1 Å². The van der Waals surface area contributed by atoms with E-state index in [0.717, 1.165) is 25.1 Å². The van der Waals surface area contributed by atoms with Gasteiger partial charge in [0.25, 0.3) is 0 Å². The number of aliphatic hydroxyl groups excluding tert-OH is 1. The van der Waals surface area contributed by atoms with E-state index in [-0.39, 0.29) is 0 Å². The molecule has 1 aromatic carbocycles. The molecule has 3 heterocycles. The average Bonchev–Trinajstić information content (AvgIpc) is 2.88. The molecule has 3 aromatic rings. The Hall–Kier alpha value is -2.17. The molecule has 0 radical (unpaired) electrons. The lowest BCUT2D eigenvalue weighted by Gasteiger charge is -2.25. The van der Waals surface area contributed by atoms with E-state index in [1.54, 1.807) is 12.4 Å². The van der Waals surface area contributed by atoms with Gasteiger partial charge in [-0.3, -0.25) is 4.98 Å². The molecule has 0 spiro atoms. The molecule has 1 aliphatic heterocycles. The molecule has 1 aliphatic rings. The molecule has 4 heteroatoms. The van der Waals surface area contributed by atoms with E-state index in [9.17, 15) is 5.11 Å². The van der Waals surface area contributed by atoms with Crippen LogP contribution in [-0.4, -0.2) is 33.1 Å². The summed E-state index contributed by atoms with van der Waals surface area (Å²) < 4.78 is 2.33. The smallest absolute Gasteiger partial charge is 0.0970 e. The van der Waals surface area contributed by atoms with Crippen molar-refractivity contribution in [1.29, 1.82) is 0 Å². The van der Waals surface area contributed by atoms with E-state index < -0.39 is 6.10 Å². The number of aliphatic hydroxyl groups is 1. The normalized spacial score (nSPS) is 16.3. The van der Waals surface area contributed by atoms with Crippen LogP contribution in [0.3, 0.4) is 0 Å². The van der Waals surface area contributed by atoms with Crippen LogP contribution in [0.5, 0.6) is 0 Å². The summed E-state index contributed by atoms with van der Waals surface area (Å²) in [5.41, 5.74) is 6.21. The highest BCUT2D eigenvalue weighted by Crippen LogP contribution is 2.32. The first kappa shape index (κ1) is 15.4. The number of hydrogen-bond acceptors (Lipinski definition) is 3. The van der Waals surface area contributed by atoms with Crippen molar-refractivity contribution in [2.75, 3.05) is 13.6 Å². The Bertz CT molecular complexity index is 869. The molecule has 1 unspecified atom stereocenters. The van der Waals surface area contributed by atoms with Gasteiger partial charge in [-0.15, -0.1) is 0 Å². The third kappa shape index (κ3) is 2.62. The molecule has 24 heavy (non-hydrogen) atoms. The first-order valence-corrected chi connectivity index (χ1v) is 8.50. The van der Waals surface area contributed by atoms with E-state index in [4.69, 9.17) is 0 Å². The predicted molar refractivity (Wildman–Crippen MR) is 95.9 cm³/mol. The second-order valence-electron chi connectivity index (χ2n) is 6.84. The number of hydrogen-bond donors (Lipinski definition) is 1. The van der Waals surface area contributed by atoms with Gasteiger partial charge in [0.05, 0.1) is 12.6 Å². The molecule has 0 bridgehead atoms. The van der Waals surface area contributed by atoms with Crippen molar-refractivity contribution < 1.29 is 5.11 Å². The number of pyridine rings is 1. The summed E-state index contributed by atoms with van der Waals surface area (Å²) in [5.74, 6) is 0. The fraction of sp³-hybridized carbons (Fsp3) is 0.350. The van der Waals surface area contributed by atoms with Gasteiger partial charge in [0, 0.05) is 48.5 Å². The Morgan fingerprint density at radius 2 is 2.00 bits per heavy atom. The number of fused-ring (bicyclic) bond motifs is 3. The zero-order valence-electron chi connectivity index (χ0n) is 14.2. The van der Waals surface area contributed by atoms with E-state index in [1.807, 2.05) is 12.1 Å². The number of benzene rings is 1. The van der Waals surface area contributed by atoms with Gasteiger partial charge in [-0.1, -0.05) is 12.1 Å². The summed E-state index contributed by atoms with van der Waals surface area (Å²) in [4.78, 5) is 6.41. The lowest BCUT2D eigenvalue weighted by Crippen LogP contribution is -2.27. The van der Waals surface area contributed by atoms with Gasteiger partial charge in [0.2, 0.25) is 0 Å². The molecule has 1 atom stereocenters. The van der Waals surface area contributed by atoms with Crippen LogP contribution in [0.1, 0.15) is 28.5 Å². The van der Waals surface area contributed by atoms with E-state index in [1.165, 1.54) is 27.7 Å². The van der Waals surface area contributed by atoms with Gasteiger partial charge < -0.3 is 14.6 Å². The lowest BCUT2D eigenvalue weighted by molar-refractivity contribution is 0.156. The molecule has 0 saturated heterocycles. The van der Waals surface area contributed by atoms with Crippen LogP contribution >= 0.6 is 0 Å². The molecule has 124 valence electrons. The van der Waals surface area contributed by atoms with Gasteiger partial charge in [-0.2, -0.15) is 0 Å². The summed E-state index contributed by atoms with van der Waals surface area (Å²) in [6, 6.07) is 10.4. The first-order valence-electron chi connectivity index (χ1n) is 8.50. The molecule has 0 saturated carbocycles. The fourth-order valence-electron chi connectivity index (χ4n) is 3.76. The second-order valence-corrected chi connectivity index (χ2v) is 6.84. The minimum Gasteiger partial charge on any atom is -0.387 e. The topological polar surface area (TPSA) is 41.3 Å². The minimum absolute atomic E-state index is 0.520. The maximum absolute atomic E-state index is 10.7. The summed E-state index contributed by atoms with van der Waals surface area (Å²) in [5, 5.41) is 12.0. The zero-order valence-corrected chi connectivity index (χ0v) is 14.2. The number of likely N-dealkylation sites (N-methyl/N-ethyl adjacent to an activating group) is 1. The van der Waals surface area contributed by atoms with Crippen molar-refractivity contribution >= 4 is 10.9 Å². The highest BCUT2D eigenvalue weighted by atomic mass is 16.3. The fourth-order valence-corrected chi connectivity index (χ4v) is 3.76. The molecule has 0 aliphatic carbocycles. The monoisotopic (exact) mass is 321 g/mol. The van der Waals surface area contributed by atoms with Crippen LogP contribution in [0.4, 0.5) is 0 Å². The minimum atomic E-state index is -0.520. The summed E-state index contributed by atoms with van der Waals surface area (Å²) >= 11 is 0. The Morgan fingerprint density at radius 1 is 1.21 bits per heavy atom. The molecular formula is C20H23N3O. The molecule has 4 rings (SSSR count). The van der Waals surface area contributed by atoms with Crippen LogP contribution in [-0.2, 0) is 19.5 Å². The van der Waals surface area contributed by atoms with Crippen molar-refractivity contribution in [2.24, 2.45) is 0 Å². The average molecular weight is 321 g/mol. The van der Waals surface area contributed by atoms with E-state index in [0.29, 0.717) is 6.54 Å².